The van der Waals surface area contributed by atoms with E-state index in [-0.39, 0.29) is 6.10 Å². The van der Waals surface area contributed by atoms with Gasteiger partial charge < -0.3 is 14.8 Å². The van der Waals surface area contributed by atoms with Crippen molar-refractivity contribution in [3.63, 3.8) is 0 Å². The van der Waals surface area contributed by atoms with Gasteiger partial charge in [-0.05, 0) is 45.7 Å². The molecule has 5 nitrogen and oxygen atoms in total. The zero-order chi connectivity index (χ0) is 12.8. The topological polar surface area (TPSA) is 56.3 Å². The lowest BCUT2D eigenvalue weighted by Crippen LogP contribution is -2.30. The second-order valence-electron chi connectivity index (χ2n) is 4.85. The Morgan fingerprint density at radius 2 is 2.17 bits per heavy atom. The highest BCUT2D eigenvalue weighted by molar-refractivity contribution is 5.11. The Labute approximate surface area is 108 Å². The molecule has 0 aliphatic carbocycles. The predicted octanol–water partition coefficient (Wildman–Crippen LogP) is 1.64. The van der Waals surface area contributed by atoms with E-state index >= 15 is 0 Å². The number of piperidine rings is 1. The van der Waals surface area contributed by atoms with Crippen LogP contribution >= 0.6 is 0 Å². The fourth-order valence-corrected chi connectivity index (χ4v) is 1.94. The van der Waals surface area contributed by atoms with Crippen LogP contribution in [0.3, 0.4) is 0 Å². The Balaban J connectivity index is 1.84. The molecular formula is C13H21N3O2. The fraction of sp³-hybridized carbons (Fsp3) is 0.692. The highest BCUT2D eigenvalue weighted by atomic mass is 16.5. The van der Waals surface area contributed by atoms with Crippen LogP contribution in [-0.2, 0) is 0 Å². The van der Waals surface area contributed by atoms with Crippen molar-refractivity contribution in [2.75, 3.05) is 19.7 Å². The van der Waals surface area contributed by atoms with Crippen molar-refractivity contribution in [2.24, 2.45) is 5.92 Å². The minimum Gasteiger partial charge on any atom is -0.475 e. The molecular weight excluding hydrogens is 230 g/mol. The van der Waals surface area contributed by atoms with Gasteiger partial charge in [-0.1, -0.05) is 0 Å². The Bertz CT molecular complexity index is 365. The van der Waals surface area contributed by atoms with Crippen molar-refractivity contribution in [3.05, 3.63) is 12.3 Å². The van der Waals surface area contributed by atoms with Gasteiger partial charge in [-0.25, -0.2) is 4.98 Å². The molecule has 1 N–H and O–H groups in total. The number of rotatable bonds is 5. The van der Waals surface area contributed by atoms with Gasteiger partial charge in [0.2, 0.25) is 5.88 Å². The molecule has 0 unspecified atom stereocenters. The maximum Gasteiger partial charge on any atom is 0.319 e. The SMILES string of the molecule is CC(C)Oc1ccnc(OCC2CCNCC2)n1. The molecule has 0 radical (unpaired) electrons. The summed E-state index contributed by atoms with van der Waals surface area (Å²) in [5.41, 5.74) is 0. The van der Waals surface area contributed by atoms with E-state index in [1.807, 2.05) is 13.8 Å². The predicted molar refractivity (Wildman–Crippen MR) is 68.9 cm³/mol. The Morgan fingerprint density at radius 3 is 2.89 bits per heavy atom. The minimum atomic E-state index is 0.108. The van der Waals surface area contributed by atoms with E-state index < -0.39 is 0 Å². The van der Waals surface area contributed by atoms with Crippen LogP contribution in [0.2, 0.25) is 0 Å². The van der Waals surface area contributed by atoms with Gasteiger partial charge in [0.25, 0.3) is 0 Å². The van der Waals surface area contributed by atoms with Crippen molar-refractivity contribution in [1.82, 2.24) is 15.3 Å². The monoisotopic (exact) mass is 251 g/mol. The van der Waals surface area contributed by atoms with E-state index in [0.717, 1.165) is 25.9 Å². The van der Waals surface area contributed by atoms with Gasteiger partial charge in [-0.15, -0.1) is 0 Å². The molecule has 1 fully saturated rings. The van der Waals surface area contributed by atoms with E-state index in [2.05, 4.69) is 15.3 Å². The van der Waals surface area contributed by atoms with Crippen molar-refractivity contribution < 1.29 is 9.47 Å². The van der Waals surface area contributed by atoms with Gasteiger partial charge in [-0.3, -0.25) is 0 Å². The largest absolute Gasteiger partial charge is 0.475 e. The maximum atomic E-state index is 5.64. The van der Waals surface area contributed by atoms with Crippen molar-refractivity contribution in [1.29, 1.82) is 0 Å². The molecule has 0 atom stereocenters. The third-order valence-electron chi connectivity index (χ3n) is 2.87. The van der Waals surface area contributed by atoms with E-state index in [4.69, 9.17) is 9.47 Å². The summed E-state index contributed by atoms with van der Waals surface area (Å²) in [7, 11) is 0. The van der Waals surface area contributed by atoms with E-state index in [1.165, 1.54) is 0 Å². The molecule has 100 valence electrons. The first-order valence-corrected chi connectivity index (χ1v) is 6.57. The number of nitrogens with one attached hydrogen (secondary N) is 1. The lowest BCUT2D eigenvalue weighted by atomic mass is 9.99. The molecule has 1 aromatic heterocycles. The van der Waals surface area contributed by atoms with Crippen LogP contribution in [0.1, 0.15) is 26.7 Å². The summed E-state index contributed by atoms with van der Waals surface area (Å²) in [5, 5.41) is 3.34. The van der Waals surface area contributed by atoms with Gasteiger partial charge in [-0.2, -0.15) is 4.98 Å². The molecule has 0 bridgehead atoms. The van der Waals surface area contributed by atoms with E-state index in [1.54, 1.807) is 12.3 Å². The van der Waals surface area contributed by atoms with Gasteiger partial charge in [0, 0.05) is 12.3 Å². The van der Waals surface area contributed by atoms with Crippen LogP contribution < -0.4 is 14.8 Å². The van der Waals surface area contributed by atoms with E-state index in [9.17, 15) is 0 Å². The molecule has 0 spiro atoms. The summed E-state index contributed by atoms with van der Waals surface area (Å²) in [6, 6.07) is 2.16. The van der Waals surface area contributed by atoms with Gasteiger partial charge in [0.05, 0.1) is 12.7 Å². The fourth-order valence-electron chi connectivity index (χ4n) is 1.94. The van der Waals surface area contributed by atoms with Gasteiger partial charge >= 0.3 is 6.01 Å². The second-order valence-corrected chi connectivity index (χ2v) is 4.85. The lowest BCUT2D eigenvalue weighted by Gasteiger charge is -2.22. The molecule has 1 aliphatic heterocycles. The average molecular weight is 251 g/mol. The average Bonchev–Trinajstić information content (AvgIpc) is 2.37. The maximum absolute atomic E-state index is 5.64. The second kappa shape index (κ2) is 6.54. The summed E-state index contributed by atoms with van der Waals surface area (Å²) < 4.78 is 11.1. The number of aromatic nitrogens is 2. The molecule has 0 amide bonds. The quantitative estimate of drug-likeness (QED) is 0.862. The summed E-state index contributed by atoms with van der Waals surface area (Å²) in [4.78, 5) is 8.33. The summed E-state index contributed by atoms with van der Waals surface area (Å²) >= 11 is 0. The minimum absolute atomic E-state index is 0.108. The van der Waals surface area contributed by atoms with E-state index in [0.29, 0.717) is 24.4 Å². The van der Waals surface area contributed by atoms with Crippen LogP contribution in [-0.4, -0.2) is 35.8 Å². The molecule has 1 aromatic rings. The van der Waals surface area contributed by atoms with Crippen LogP contribution in [0.4, 0.5) is 0 Å². The van der Waals surface area contributed by atoms with Crippen LogP contribution in [0.25, 0.3) is 0 Å². The zero-order valence-electron chi connectivity index (χ0n) is 11.1. The first-order chi connectivity index (χ1) is 8.74. The highest BCUT2D eigenvalue weighted by Crippen LogP contribution is 2.15. The number of nitrogens with zero attached hydrogens (tertiary/aromatic N) is 2. The number of hydrogen-bond acceptors (Lipinski definition) is 5. The molecule has 1 aliphatic rings. The molecule has 18 heavy (non-hydrogen) atoms. The third-order valence-corrected chi connectivity index (χ3v) is 2.87. The normalized spacial score (nSPS) is 16.8. The molecule has 1 saturated heterocycles. The smallest absolute Gasteiger partial charge is 0.319 e. The van der Waals surface area contributed by atoms with Crippen LogP contribution in [0, 0.1) is 5.92 Å². The molecule has 5 heteroatoms. The third kappa shape index (κ3) is 4.14. The highest BCUT2D eigenvalue weighted by Gasteiger charge is 2.14. The van der Waals surface area contributed by atoms with Gasteiger partial charge in [0.15, 0.2) is 0 Å². The van der Waals surface area contributed by atoms with Crippen LogP contribution in [0.15, 0.2) is 12.3 Å². The van der Waals surface area contributed by atoms with Gasteiger partial charge in [0.1, 0.15) is 0 Å². The standard InChI is InChI=1S/C13H21N3O2/c1-10(2)18-12-5-8-15-13(16-12)17-9-11-3-6-14-7-4-11/h5,8,10-11,14H,3-4,6-7,9H2,1-2H3. The molecule has 0 saturated carbocycles. The zero-order valence-corrected chi connectivity index (χ0v) is 11.1. The Hall–Kier alpha value is -1.36. The Kier molecular flexibility index (Phi) is 4.75. The lowest BCUT2D eigenvalue weighted by molar-refractivity contribution is 0.192. The summed E-state index contributed by atoms with van der Waals surface area (Å²) in [6.07, 6.45) is 4.09. The summed E-state index contributed by atoms with van der Waals surface area (Å²) in [6.45, 7) is 6.78. The van der Waals surface area contributed by atoms with Crippen molar-refractivity contribution in [2.45, 2.75) is 32.8 Å². The Morgan fingerprint density at radius 1 is 1.39 bits per heavy atom. The first kappa shape index (κ1) is 13.1. The molecule has 2 heterocycles. The number of ether oxygens (including phenoxy) is 2. The van der Waals surface area contributed by atoms with Crippen LogP contribution in [0.5, 0.6) is 11.9 Å². The number of hydrogen-bond donors (Lipinski definition) is 1. The van der Waals surface area contributed by atoms with Crippen molar-refractivity contribution >= 4 is 0 Å². The first-order valence-electron chi connectivity index (χ1n) is 6.57. The van der Waals surface area contributed by atoms with Crippen molar-refractivity contribution in [3.8, 4) is 11.9 Å². The molecule has 2 rings (SSSR count). The molecule has 0 aromatic carbocycles. The summed E-state index contributed by atoms with van der Waals surface area (Å²) in [5.74, 6) is 1.17.